The average Bonchev–Trinajstić information content (AvgIpc) is 3.50. The Morgan fingerprint density at radius 2 is 1.73 bits per heavy atom. The first-order valence-corrected chi connectivity index (χ1v) is 11.2. The van der Waals surface area contributed by atoms with Crippen LogP contribution >= 0.6 is 0 Å². The number of carbonyl (C=O) groups excluding carboxylic acids is 1. The number of benzene rings is 2. The van der Waals surface area contributed by atoms with Gasteiger partial charge in [-0.2, -0.15) is 0 Å². The van der Waals surface area contributed by atoms with Gasteiger partial charge in [0.2, 0.25) is 0 Å². The summed E-state index contributed by atoms with van der Waals surface area (Å²) in [4.78, 5) is 12.7. The van der Waals surface area contributed by atoms with E-state index in [-0.39, 0.29) is 29.7 Å². The van der Waals surface area contributed by atoms with Crippen molar-refractivity contribution in [3.63, 3.8) is 0 Å². The molecule has 0 radical (unpaired) electrons. The number of ether oxygens (including phenoxy) is 1. The minimum absolute atomic E-state index is 0.0997. The van der Waals surface area contributed by atoms with Crippen LogP contribution in [0.25, 0.3) is 5.69 Å². The Labute approximate surface area is 195 Å². The van der Waals surface area contributed by atoms with Crippen LogP contribution < -0.4 is 10.1 Å². The van der Waals surface area contributed by atoms with Gasteiger partial charge >= 0.3 is 0 Å². The molecule has 0 saturated carbocycles. The number of furan rings is 1. The summed E-state index contributed by atoms with van der Waals surface area (Å²) in [6.45, 7) is 8.76. The van der Waals surface area contributed by atoms with Gasteiger partial charge in [0.05, 0.1) is 6.04 Å². The third-order valence-corrected chi connectivity index (χ3v) is 5.61. The Morgan fingerprint density at radius 1 is 1.00 bits per heavy atom. The Morgan fingerprint density at radius 3 is 2.42 bits per heavy atom. The van der Waals surface area contributed by atoms with Crippen LogP contribution in [-0.4, -0.2) is 10.5 Å². The number of amides is 1. The van der Waals surface area contributed by atoms with E-state index in [1.807, 2.05) is 66.3 Å². The first-order chi connectivity index (χ1) is 15.8. The highest BCUT2D eigenvalue weighted by atomic mass is 16.5. The molecule has 5 heteroatoms. The van der Waals surface area contributed by atoms with Gasteiger partial charge in [0.1, 0.15) is 18.1 Å². The van der Waals surface area contributed by atoms with Crippen molar-refractivity contribution in [2.24, 2.45) is 0 Å². The van der Waals surface area contributed by atoms with Crippen molar-refractivity contribution in [2.75, 3.05) is 0 Å². The number of hydrogen-bond donors (Lipinski definition) is 1. The highest BCUT2D eigenvalue weighted by Crippen LogP contribution is 2.25. The van der Waals surface area contributed by atoms with Crippen LogP contribution in [0.1, 0.15) is 61.2 Å². The summed E-state index contributed by atoms with van der Waals surface area (Å²) in [5.41, 5.74) is 3.41. The quantitative estimate of drug-likeness (QED) is 0.358. The van der Waals surface area contributed by atoms with Crippen LogP contribution in [0.3, 0.4) is 0 Å². The second-order valence-corrected chi connectivity index (χ2v) is 9.21. The van der Waals surface area contributed by atoms with Crippen LogP contribution in [-0.2, 0) is 12.0 Å². The molecule has 4 aromatic rings. The number of rotatable bonds is 7. The molecule has 170 valence electrons. The molecular formula is C28H30N2O3. The molecule has 1 N–H and O–H groups in total. The Bertz CT molecular complexity index is 1200. The van der Waals surface area contributed by atoms with E-state index < -0.39 is 0 Å². The summed E-state index contributed by atoms with van der Waals surface area (Å²) in [7, 11) is 0. The van der Waals surface area contributed by atoms with E-state index in [2.05, 4.69) is 44.3 Å². The molecule has 0 fully saturated rings. The van der Waals surface area contributed by atoms with Gasteiger partial charge in [-0.3, -0.25) is 4.79 Å². The largest absolute Gasteiger partial charge is 0.486 e. The second-order valence-electron chi connectivity index (χ2n) is 9.21. The summed E-state index contributed by atoms with van der Waals surface area (Å²) < 4.78 is 13.6. The molecule has 4 rings (SSSR count). The highest BCUT2D eigenvalue weighted by molar-refractivity contribution is 5.91. The summed E-state index contributed by atoms with van der Waals surface area (Å²) in [5.74, 6) is 1.38. The molecule has 2 aromatic heterocycles. The smallest absolute Gasteiger partial charge is 0.287 e. The van der Waals surface area contributed by atoms with Crippen LogP contribution in [0.2, 0.25) is 0 Å². The minimum atomic E-state index is -0.255. The molecule has 5 nitrogen and oxygen atoms in total. The number of nitrogens with zero attached hydrogens (tertiary/aromatic N) is 1. The normalized spacial score (nSPS) is 12.4. The topological polar surface area (TPSA) is 56.4 Å². The van der Waals surface area contributed by atoms with Crippen molar-refractivity contribution in [1.29, 1.82) is 0 Å². The summed E-state index contributed by atoms with van der Waals surface area (Å²) >= 11 is 0. The maximum Gasteiger partial charge on any atom is 0.287 e. The lowest BCUT2D eigenvalue weighted by atomic mass is 9.87. The van der Waals surface area contributed by atoms with E-state index in [0.717, 1.165) is 17.0 Å². The monoisotopic (exact) mass is 442 g/mol. The standard InChI is InChI=1S/C28H30N2O3/c1-20(21-8-7-9-23(18-21)30-16-5-6-17-30)29-27(31)26-15-14-25(33-26)19-32-24-12-10-22(11-13-24)28(2,3)4/h5-18,20H,19H2,1-4H3,(H,29,31). The molecule has 33 heavy (non-hydrogen) atoms. The van der Waals surface area contributed by atoms with Gasteiger partial charge in [0.25, 0.3) is 5.91 Å². The first-order valence-electron chi connectivity index (χ1n) is 11.2. The van der Waals surface area contributed by atoms with Crippen LogP contribution in [0.5, 0.6) is 5.75 Å². The molecule has 0 aliphatic heterocycles. The van der Waals surface area contributed by atoms with Crippen molar-refractivity contribution in [3.8, 4) is 11.4 Å². The van der Waals surface area contributed by atoms with Crippen molar-refractivity contribution >= 4 is 5.91 Å². The van der Waals surface area contributed by atoms with E-state index in [1.165, 1.54) is 5.56 Å². The number of carbonyl (C=O) groups is 1. The van der Waals surface area contributed by atoms with Gasteiger partial charge in [-0.25, -0.2) is 0 Å². The van der Waals surface area contributed by atoms with Gasteiger partial charge in [-0.15, -0.1) is 0 Å². The van der Waals surface area contributed by atoms with Crippen molar-refractivity contribution < 1.29 is 13.9 Å². The fourth-order valence-electron chi connectivity index (χ4n) is 3.60. The molecule has 1 atom stereocenters. The van der Waals surface area contributed by atoms with Gasteiger partial charge in [0, 0.05) is 18.1 Å². The number of nitrogens with one attached hydrogen (secondary N) is 1. The summed E-state index contributed by atoms with van der Waals surface area (Å²) in [5, 5.41) is 3.01. The second kappa shape index (κ2) is 9.41. The predicted molar refractivity (Wildman–Crippen MR) is 130 cm³/mol. The van der Waals surface area contributed by atoms with Gasteiger partial charge in [-0.05, 0) is 72.0 Å². The molecule has 2 heterocycles. The minimum Gasteiger partial charge on any atom is -0.486 e. The van der Waals surface area contributed by atoms with Crippen LogP contribution in [0.15, 0.2) is 89.6 Å². The Kier molecular flexibility index (Phi) is 6.40. The van der Waals surface area contributed by atoms with Crippen LogP contribution in [0.4, 0.5) is 0 Å². The van der Waals surface area contributed by atoms with Gasteiger partial charge in [-0.1, -0.05) is 45.0 Å². The molecule has 1 unspecified atom stereocenters. The Hall–Kier alpha value is -3.73. The van der Waals surface area contributed by atoms with E-state index in [9.17, 15) is 4.79 Å². The van der Waals surface area contributed by atoms with Crippen molar-refractivity contribution in [2.45, 2.75) is 45.8 Å². The lowest BCUT2D eigenvalue weighted by Gasteiger charge is -2.19. The maximum atomic E-state index is 12.7. The summed E-state index contributed by atoms with van der Waals surface area (Å²) in [6.07, 6.45) is 3.99. The SMILES string of the molecule is CC(NC(=O)c1ccc(COc2ccc(C(C)(C)C)cc2)o1)c1cccc(-n2cccc2)c1. The fourth-order valence-corrected chi connectivity index (χ4v) is 3.60. The lowest BCUT2D eigenvalue weighted by Crippen LogP contribution is -2.26. The molecule has 0 spiro atoms. The van der Waals surface area contributed by atoms with Crippen LogP contribution in [0, 0.1) is 0 Å². The van der Waals surface area contributed by atoms with Gasteiger partial charge < -0.3 is 19.0 Å². The average molecular weight is 443 g/mol. The molecule has 0 saturated heterocycles. The highest BCUT2D eigenvalue weighted by Gasteiger charge is 2.16. The van der Waals surface area contributed by atoms with E-state index in [0.29, 0.717) is 5.76 Å². The number of hydrogen-bond acceptors (Lipinski definition) is 3. The molecule has 0 aliphatic rings. The zero-order chi connectivity index (χ0) is 23.4. The maximum absolute atomic E-state index is 12.7. The first kappa shape index (κ1) is 22.5. The molecular weight excluding hydrogens is 412 g/mol. The van der Waals surface area contributed by atoms with Crippen molar-refractivity contribution in [3.05, 3.63) is 108 Å². The fraction of sp³-hybridized carbons (Fsp3) is 0.250. The molecule has 1 amide bonds. The molecule has 0 aliphatic carbocycles. The van der Waals surface area contributed by atoms with E-state index >= 15 is 0 Å². The third-order valence-electron chi connectivity index (χ3n) is 5.61. The number of aromatic nitrogens is 1. The summed E-state index contributed by atoms with van der Waals surface area (Å²) in [6, 6.07) is 23.4. The Balaban J connectivity index is 1.34. The predicted octanol–water partition coefficient (Wildman–Crippen LogP) is 6.44. The van der Waals surface area contributed by atoms with Crippen molar-refractivity contribution in [1.82, 2.24) is 9.88 Å². The van der Waals surface area contributed by atoms with Gasteiger partial charge in [0.15, 0.2) is 5.76 Å². The lowest BCUT2D eigenvalue weighted by molar-refractivity contribution is 0.0907. The zero-order valence-corrected chi connectivity index (χ0v) is 19.5. The van der Waals surface area contributed by atoms with E-state index in [4.69, 9.17) is 9.15 Å². The zero-order valence-electron chi connectivity index (χ0n) is 19.5. The van der Waals surface area contributed by atoms with E-state index in [1.54, 1.807) is 12.1 Å². The molecule has 2 aromatic carbocycles. The molecule has 0 bridgehead atoms. The third kappa shape index (κ3) is 5.55.